The van der Waals surface area contributed by atoms with Gasteiger partial charge in [-0.05, 0) is 44.2 Å². The lowest BCUT2D eigenvalue weighted by Gasteiger charge is -2.31. The third kappa shape index (κ3) is 4.04. The number of halogens is 1. The summed E-state index contributed by atoms with van der Waals surface area (Å²) in [5.41, 5.74) is 0.680. The van der Waals surface area contributed by atoms with Crippen LogP contribution in [0, 0.1) is 0 Å². The first-order chi connectivity index (χ1) is 15.9. The van der Waals surface area contributed by atoms with Crippen molar-refractivity contribution < 1.29 is 14.3 Å². The summed E-state index contributed by atoms with van der Waals surface area (Å²) in [5.74, 6) is 0.626. The molecule has 2 atom stereocenters. The predicted octanol–water partition coefficient (Wildman–Crippen LogP) is 1.99. The minimum absolute atomic E-state index is 0.0919. The Bertz CT molecular complexity index is 1250. The Kier molecular flexibility index (Phi) is 5.49. The highest BCUT2D eigenvalue weighted by atomic mass is 19.1. The fourth-order valence-electron chi connectivity index (χ4n) is 4.50. The summed E-state index contributed by atoms with van der Waals surface area (Å²) in [6, 6.07) is 4.83. The van der Waals surface area contributed by atoms with Gasteiger partial charge in [-0.25, -0.2) is 9.37 Å². The molecule has 0 aromatic carbocycles. The number of amides is 1. The molecule has 2 fully saturated rings. The normalized spacial score (nSPS) is 24.5. The number of fused-ring (bicyclic) bond motifs is 1. The van der Waals surface area contributed by atoms with Crippen molar-refractivity contribution >= 4 is 28.9 Å². The van der Waals surface area contributed by atoms with Crippen molar-refractivity contribution in [1.29, 1.82) is 0 Å². The van der Waals surface area contributed by atoms with Gasteiger partial charge in [0.25, 0.3) is 11.5 Å². The van der Waals surface area contributed by atoms with Crippen LogP contribution in [0.3, 0.4) is 0 Å². The number of aliphatic hydroxyl groups excluding tert-OH is 1. The second-order valence-electron chi connectivity index (χ2n) is 8.69. The number of hydrogen-bond acceptors (Lipinski definition) is 7. The van der Waals surface area contributed by atoms with E-state index in [1.54, 1.807) is 36.0 Å². The third-order valence-corrected chi connectivity index (χ3v) is 6.40. The lowest BCUT2D eigenvalue weighted by atomic mass is 9.90. The Hall–Kier alpha value is -3.47. The van der Waals surface area contributed by atoms with Crippen molar-refractivity contribution in [3.05, 3.63) is 46.5 Å². The van der Waals surface area contributed by atoms with Crippen LogP contribution in [0.2, 0.25) is 0 Å². The van der Waals surface area contributed by atoms with Crippen molar-refractivity contribution in [2.75, 3.05) is 17.7 Å². The van der Waals surface area contributed by atoms with Gasteiger partial charge in [0.1, 0.15) is 29.1 Å². The molecule has 4 N–H and O–H groups in total. The number of nitrogens with one attached hydrogen (secondary N) is 3. The fraction of sp³-hybridized carbons (Fsp3) is 0.455. The Labute approximate surface area is 188 Å². The predicted molar refractivity (Wildman–Crippen MR) is 121 cm³/mol. The van der Waals surface area contributed by atoms with Crippen LogP contribution in [0.25, 0.3) is 5.65 Å². The largest absolute Gasteiger partial charge is 0.393 e. The molecule has 10 nitrogen and oxygen atoms in total. The van der Waals surface area contributed by atoms with Gasteiger partial charge in [-0.1, -0.05) is 0 Å². The molecule has 33 heavy (non-hydrogen) atoms. The zero-order valence-electron chi connectivity index (χ0n) is 18.2. The van der Waals surface area contributed by atoms with Gasteiger partial charge in [-0.2, -0.15) is 9.61 Å². The number of anilines is 3. The van der Waals surface area contributed by atoms with Crippen LogP contribution in [0.4, 0.5) is 21.7 Å². The van der Waals surface area contributed by atoms with E-state index >= 15 is 0 Å². The van der Waals surface area contributed by atoms with Crippen molar-refractivity contribution in [1.82, 2.24) is 24.5 Å². The molecule has 11 heteroatoms. The van der Waals surface area contributed by atoms with Gasteiger partial charge >= 0.3 is 0 Å². The van der Waals surface area contributed by atoms with E-state index < -0.39 is 12.3 Å². The van der Waals surface area contributed by atoms with Crippen molar-refractivity contribution in [3.8, 4) is 0 Å². The minimum Gasteiger partial charge on any atom is -0.393 e. The van der Waals surface area contributed by atoms with Gasteiger partial charge < -0.3 is 25.6 Å². The second-order valence-corrected chi connectivity index (χ2v) is 8.69. The van der Waals surface area contributed by atoms with Crippen molar-refractivity contribution in [2.45, 2.75) is 56.5 Å². The number of pyridine rings is 1. The standard InChI is InChI=1S/C22H26FN7O3/c1-24-19-10-18(27-17-3-2-6-29(22(17)33)14-7-12(23)8-14)28-20-16(11-25-30(19)20)21(32)26-13-4-5-15(31)9-13/h2-3,6,10-15,24,31H,4-5,7-9H2,1H3,(H,26,32)(H,27,28)/t12-,13?,14-,15-/m1/s1. The van der Waals surface area contributed by atoms with Gasteiger partial charge in [0.15, 0.2) is 5.65 Å². The van der Waals surface area contributed by atoms with Gasteiger partial charge in [-0.15, -0.1) is 0 Å². The van der Waals surface area contributed by atoms with E-state index in [1.807, 2.05) is 0 Å². The van der Waals surface area contributed by atoms with Gasteiger partial charge in [-0.3, -0.25) is 9.59 Å². The molecule has 2 aliphatic carbocycles. The molecule has 2 saturated carbocycles. The molecule has 0 aliphatic heterocycles. The van der Waals surface area contributed by atoms with Gasteiger partial charge in [0.2, 0.25) is 0 Å². The average molecular weight is 455 g/mol. The summed E-state index contributed by atoms with van der Waals surface area (Å²) in [7, 11) is 1.72. The lowest BCUT2D eigenvalue weighted by Crippen LogP contribution is -2.35. The number of aliphatic hydroxyl groups is 1. The summed E-state index contributed by atoms with van der Waals surface area (Å²) in [6.45, 7) is 0. The fourth-order valence-corrected chi connectivity index (χ4v) is 4.50. The van der Waals surface area contributed by atoms with E-state index in [4.69, 9.17) is 0 Å². The Morgan fingerprint density at radius 1 is 1.27 bits per heavy atom. The Morgan fingerprint density at radius 3 is 2.79 bits per heavy atom. The lowest BCUT2D eigenvalue weighted by molar-refractivity contribution is 0.0935. The van der Waals surface area contributed by atoms with E-state index in [2.05, 4.69) is 26.0 Å². The topological polar surface area (TPSA) is 126 Å². The van der Waals surface area contributed by atoms with E-state index in [-0.39, 0.29) is 23.6 Å². The Morgan fingerprint density at radius 2 is 2.09 bits per heavy atom. The van der Waals surface area contributed by atoms with Crippen LogP contribution in [0.5, 0.6) is 0 Å². The number of rotatable bonds is 6. The van der Waals surface area contributed by atoms with Crippen LogP contribution < -0.4 is 21.5 Å². The number of hydrogen-bond donors (Lipinski definition) is 4. The molecule has 5 rings (SSSR count). The number of carbonyl (C=O) groups excluding carboxylic acids is 1. The Balaban J connectivity index is 1.44. The first-order valence-corrected chi connectivity index (χ1v) is 11.1. The maximum absolute atomic E-state index is 13.3. The van der Waals surface area contributed by atoms with Crippen LogP contribution in [0.15, 0.2) is 35.4 Å². The van der Waals surface area contributed by atoms with Crippen molar-refractivity contribution in [2.24, 2.45) is 0 Å². The van der Waals surface area contributed by atoms with E-state index in [9.17, 15) is 19.1 Å². The SMILES string of the molecule is CNc1cc(Nc2cccn([C@H]3C[C@H](F)C3)c2=O)nc2c(C(=O)NC3CC[C@@H](O)C3)cnn12. The smallest absolute Gasteiger partial charge is 0.274 e. The second kappa shape index (κ2) is 8.47. The van der Waals surface area contributed by atoms with Crippen LogP contribution >= 0.6 is 0 Å². The summed E-state index contributed by atoms with van der Waals surface area (Å²) in [4.78, 5) is 30.3. The molecule has 0 bridgehead atoms. The first kappa shape index (κ1) is 21.4. The number of alkyl halides is 1. The molecule has 0 radical (unpaired) electrons. The summed E-state index contributed by atoms with van der Waals surface area (Å²) in [6.07, 6.45) is 4.45. The minimum atomic E-state index is -0.861. The average Bonchev–Trinajstić information content (AvgIpc) is 3.38. The monoisotopic (exact) mass is 455 g/mol. The zero-order valence-corrected chi connectivity index (χ0v) is 18.2. The number of aromatic nitrogens is 4. The van der Waals surface area contributed by atoms with Gasteiger partial charge in [0.05, 0.1) is 12.3 Å². The highest BCUT2D eigenvalue weighted by molar-refractivity contribution is 6.00. The summed E-state index contributed by atoms with van der Waals surface area (Å²) in [5, 5.41) is 23.0. The molecule has 0 saturated heterocycles. The molecular weight excluding hydrogens is 429 g/mol. The highest BCUT2D eigenvalue weighted by Gasteiger charge is 2.31. The van der Waals surface area contributed by atoms with E-state index in [1.165, 1.54) is 10.7 Å². The van der Waals surface area contributed by atoms with E-state index in [0.29, 0.717) is 54.2 Å². The molecule has 0 spiro atoms. The number of nitrogens with zero attached hydrogens (tertiary/aromatic N) is 4. The number of carbonyl (C=O) groups is 1. The molecule has 2 aliphatic rings. The van der Waals surface area contributed by atoms with Crippen LogP contribution in [-0.4, -0.2) is 55.5 Å². The molecule has 3 heterocycles. The first-order valence-electron chi connectivity index (χ1n) is 11.1. The molecule has 1 unspecified atom stereocenters. The molecule has 3 aromatic heterocycles. The zero-order chi connectivity index (χ0) is 23.1. The summed E-state index contributed by atoms with van der Waals surface area (Å²) >= 11 is 0. The highest BCUT2D eigenvalue weighted by Crippen LogP contribution is 2.33. The third-order valence-electron chi connectivity index (χ3n) is 6.40. The maximum atomic E-state index is 13.3. The summed E-state index contributed by atoms with van der Waals surface area (Å²) < 4.78 is 16.3. The van der Waals surface area contributed by atoms with Gasteiger partial charge in [0, 0.05) is 31.4 Å². The molecule has 3 aromatic rings. The molecular formula is C22H26FN7O3. The van der Waals surface area contributed by atoms with E-state index in [0.717, 1.165) is 6.42 Å². The molecule has 1 amide bonds. The van der Waals surface area contributed by atoms with Crippen LogP contribution in [-0.2, 0) is 0 Å². The maximum Gasteiger partial charge on any atom is 0.274 e. The van der Waals surface area contributed by atoms with Crippen LogP contribution in [0.1, 0.15) is 48.5 Å². The quantitative estimate of drug-likeness (QED) is 0.448. The van der Waals surface area contributed by atoms with Crippen molar-refractivity contribution in [3.63, 3.8) is 0 Å². The molecule has 174 valence electrons.